The Labute approximate surface area is 172 Å². The number of fused-ring (bicyclic) bond motifs is 1. The SMILES string of the molecule is O=C(O)CCC[C@H]1CC[C@@H]2[C@@H](/C=C/C(O)CCc3cccnc3)[C@H](O)C[C@@H]2OC1. The highest BCUT2D eigenvalue weighted by atomic mass is 16.5. The second kappa shape index (κ2) is 10.9. The van der Waals surface area contributed by atoms with Gasteiger partial charge in [-0.05, 0) is 62.0 Å². The van der Waals surface area contributed by atoms with E-state index in [1.807, 2.05) is 30.5 Å². The van der Waals surface area contributed by atoms with Crippen molar-refractivity contribution in [1.29, 1.82) is 0 Å². The lowest BCUT2D eigenvalue weighted by atomic mass is 9.86. The van der Waals surface area contributed by atoms with Gasteiger partial charge in [0.05, 0.1) is 18.3 Å². The van der Waals surface area contributed by atoms with Gasteiger partial charge in [-0.3, -0.25) is 9.78 Å². The molecule has 0 aromatic carbocycles. The minimum absolute atomic E-state index is 0.00538. The topological polar surface area (TPSA) is 99.9 Å². The summed E-state index contributed by atoms with van der Waals surface area (Å²) in [6, 6.07) is 3.90. The van der Waals surface area contributed by atoms with Crippen LogP contribution in [0.5, 0.6) is 0 Å². The van der Waals surface area contributed by atoms with Crippen molar-refractivity contribution >= 4 is 5.97 Å². The van der Waals surface area contributed by atoms with Crippen molar-refractivity contribution in [2.45, 2.75) is 69.7 Å². The van der Waals surface area contributed by atoms with Gasteiger partial charge in [0.2, 0.25) is 0 Å². The number of ether oxygens (including phenoxy) is 1. The van der Waals surface area contributed by atoms with Crippen molar-refractivity contribution in [3.05, 3.63) is 42.2 Å². The molecule has 0 spiro atoms. The molecule has 29 heavy (non-hydrogen) atoms. The summed E-state index contributed by atoms with van der Waals surface area (Å²) in [5.74, 6) is -0.0827. The number of hydrogen-bond acceptors (Lipinski definition) is 5. The fourth-order valence-electron chi connectivity index (χ4n) is 4.70. The van der Waals surface area contributed by atoms with E-state index in [1.165, 1.54) is 0 Å². The lowest BCUT2D eigenvalue weighted by Gasteiger charge is -2.21. The molecule has 0 bridgehead atoms. The Morgan fingerprint density at radius 2 is 2.24 bits per heavy atom. The van der Waals surface area contributed by atoms with Crippen LogP contribution in [-0.4, -0.2) is 51.2 Å². The van der Waals surface area contributed by atoms with E-state index >= 15 is 0 Å². The molecule has 1 aliphatic carbocycles. The number of nitrogens with zero attached hydrogens (tertiary/aromatic N) is 1. The molecule has 6 heteroatoms. The number of carbonyl (C=O) groups is 1. The fourth-order valence-corrected chi connectivity index (χ4v) is 4.70. The highest BCUT2D eigenvalue weighted by molar-refractivity contribution is 5.66. The van der Waals surface area contributed by atoms with Crippen LogP contribution in [0.4, 0.5) is 0 Å². The first-order chi connectivity index (χ1) is 14.0. The molecule has 6 nitrogen and oxygen atoms in total. The Bertz CT molecular complexity index is 664. The van der Waals surface area contributed by atoms with E-state index in [9.17, 15) is 15.0 Å². The summed E-state index contributed by atoms with van der Waals surface area (Å²) in [4.78, 5) is 14.8. The Kier molecular flexibility index (Phi) is 8.21. The van der Waals surface area contributed by atoms with E-state index < -0.39 is 18.2 Å². The van der Waals surface area contributed by atoms with Crippen LogP contribution in [0.25, 0.3) is 0 Å². The van der Waals surface area contributed by atoms with Crippen molar-refractivity contribution in [3.8, 4) is 0 Å². The van der Waals surface area contributed by atoms with E-state index in [-0.39, 0.29) is 24.4 Å². The molecule has 0 radical (unpaired) electrons. The Morgan fingerprint density at radius 3 is 3.00 bits per heavy atom. The van der Waals surface area contributed by atoms with Gasteiger partial charge in [0, 0.05) is 37.8 Å². The van der Waals surface area contributed by atoms with Crippen molar-refractivity contribution in [1.82, 2.24) is 4.98 Å². The van der Waals surface area contributed by atoms with Crippen LogP contribution in [-0.2, 0) is 16.0 Å². The van der Waals surface area contributed by atoms with Crippen LogP contribution in [0.2, 0.25) is 0 Å². The second-order valence-electron chi connectivity index (χ2n) is 8.50. The molecule has 160 valence electrons. The molecule has 1 aromatic heterocycles. The first kappa shape index (κ1) is 21.9. The number of aliphatic hydroxyl groups is 2. The normalized spacial score (nSPS) is 30.8. The maximum atomic E-state index is 10.7. The van der Waals surface area contributed by atoms with Gasteiger partial charge < -0.3 is 20.1 Å². The lowest BCUT2D eigenvalue weighted by molar-refractivity contribution is -0.137. The maximum Gasteiger partial charge on any atom is 0.303 e. The Hall–Kier alpha value is -1.76. The van der Waals surface area contributed by atoms with E-state index in [2.05, 4.69) is 4.98 Å². The van der Waals surface area contributed by atoms with Gasteiger partial charge in [-0.25, -0.2) is 0 Å². The average molecular weight is 404 g/mol. The van der Waals surface area contributed by atoms with Crippen molar-refractivity contribution in [3.63, 3.8) is 0 Å². The van der Waals surface area contributed by atoms with Gasteiger partial charge in [-0.2, -0.15) is 0 Å². The molecule has 3 N–H and O–H groups in total. The maximum absolute atomic E-state index is 10.7. The van der Waals surface area contributed by atoms with E-state index in [0.29, 0.717) is 31.8 Å². The molecule has 0 amide bonds. The number of aliphatic hydroxyl groups excluding tert-OH is 2. The highest BCUT2D eigenvalue weighted by Crippen LogP contribution is 2.42. The number of carboxylic acid groups (broad SMARTS) is 1. The third kappa shape index (κ3) is 6.63. The fraction of sp³-hybridized carbons (Fsp3) is 0.652. The zero-order valence-electron chi connectivity index (χ0n) is 16.9. The van der Waals surface area contributed by atoms with Crippen LogP contribution < -0.4 is 0 Å². The van der Waals surface area contributed by atoms with Crippen LogP contribution in [0, 0.1) is 17.8 Å². The van der Waals surface area contributed by atoms with Gasteiger partial charge in [0.25, 0.3) is 0 Å². The van der Waals surface area contributed by atoms with Crippen LogP contribution in [0.3, 0.4) is 0 Å². The lowest BCUT2D eigenvalue weighted by Crippen LogP contribution is -2.21. The quantitative estimate of drug-likeness (QED) is 0.548. The predicted octanol–water partition coefficient (Wildman–Crippen LogP) is 2.98. The van der Waals surface area contributed by atoms with Crippen LogP contribution in [0.15, 0.2) is 36.7 Å². The Morgan fingerprint density at radius 1 is 1.38 bits per heavy atom. The first-order valence-corrected chi connectivity index (χ1v) is 10.8. The first-order valence-electron chi connectivity index (χ1n) is 10.8. The monoisotopic (exact) mass is 403 g/mol. The summed E-state index contributed by atoms with van der Waals surface area (Å²) >= 11 is 0. The van der Waals surface area contributed by atoms with Crippen molar-refractivity contribution in [2.75, 3.05) is 6.61 Å². The number of pyridine rings is 1. The molecule has 6 atom stereocenters. The van der Waals surface area contributed by atoms with Gasteiger partial charge >= 0.3 is 5.97 Å². The summed E-state index contributed by atoms with van der Waals surface area (Å²) in [6.07, 6.45) is 12.2. The standard InChI is InChI=1S/C23H33NO5/c25-18(8-6-16-4-2-12-24-14-16)9-11-19-20-10-7-17(3-1-5-23(27)28)15-29-22(20)13-21(19)26/h2,4,9,11-12,14,17-22,25-26H,1,3,5-8,10,13,15H2,(H,27,28)/b11-9+/t17-,18?,19+,20+,21+,22-/m0/s1. The minimum atomic E-state index is -0.744. The zero-order valence-corrected chi connectivity index (χ0v) is 16.9. The molecule has 1 saturated heterocycles. The third-order valence-electron chi connectivity index (χ3n) is 6.35. The smallest absolute Gasteiger partial charge is 0.303 e. The number of aryl methyl sites for hydroxylation is 1. The van der Waals surface area contributed by atoms with Gasteiger partial charge in [0.15, 0.2) is 0 Å². The molecule has 3 rings (SSSR count). The molecule has 1 unspecified atom stereocenters. The van der Waals surface area contributed by atoms with E-state index in [0.717, 1.165) is 31.2 Å². The number of aromatic nitrogens is 1. The largest absolute Gasteiger partial charge is 0.481 e. The predicted molar refractivity (Wildman–Crippen MR) is 109 cm³/mol. The van der Waals surface area contributed by atoms with Crippen LogP contribution in [0.1, 0.15) is 50.5 Å². The van der Waals surface area contributed by atoms with E-state index in [1.54, 1.807) is 6.20 Å². The molecular weight excluding hydrogens is 370 g/mol. The summed E-state index contributed by atoms with van der Waals surface area (Å²) in [6.45, 7) is 0.650. The minimum Gasteiger partial charge on any atom is -0.481 e. The summed E-state index contributed by atoms with van der Waals surface area (Å²) < 4.78 is 6.10. The zero-order chi connectivity index (χ0) is 20.6. The van der Waals surface area contributed by atoms with Gasteiger partial charge in [-0.15, -0.1) is 0 Å². The van der Waals surface area contributed by atoms with Gasteiger partial charge in [-0.1, -0.05) is 18.2 Å². The third-order valence-corrected chi connectivity index (χ3v) is 6.35. The Balaban J connectivity index is 1.49. The highest BCUT2D eigenvalue weighted by Gasteiger charge is 2.43. The molecule has 1 aliphatic heterocycles. The second-order valence-corrected chi connectivity index (χ2v) is 8.50. The summed E-state index contributed by atoms with van der Waals surface area (Å²) in [7, 11) is 0. The molecule has 1 saturated carbocycles. The average Bonchev–Trinajstić information content (AvgIpc) is 2.87. The van der Waals surface area contributed by atoms with E-state index in [4.69, 9.17) is 9.84 Å². The number of hydrogen-bond donors (Lipinski definition) is 3. The number of aliphatic carboxylic acids is 1. The number of rotatable bonds is 9. The van der Waals surface area contributed by atoms with Crippen molar-refractivity contribution < 1.29 is 24.9 Å². The molecule has 2 fully saturated rings. The molecule has 2 heterocycles. The summed E-state index contributed by atoms with van der Waals surface area (Å²) in [5.41, 5.74) is 1.10. The molecular formula is C23H33NO5. The number of carboxylic acids is 1. The van der Waals surface area contributed by atoms with Gasteiger partial charge in [0.1, 0.15) is 0 Å². The van der Waals surface area contributed by atoms with Crippen molar-refractivity contribution in [2.24, 2.45) is 17.8 Å². The van der Waals surface area contributed by atoms with Crippen LogP contribution >= 0.6 is 0 Å². The molecule has 1 aromatic rings. The molecule has 2 aliphatic rings. The summed E-state index contributed by atoms with van der Waals surface area (Å²) in [5, 5.41) is 29.6.